The van der Waals surface area contributed by atoms with Crippen LogP contribution in [0.4, 0.5) is 4.39 Å². The normalized spacial score (nSPS) is 11.9. The SMILES string of the molecule is C[C@@H](CCc1cccc(F)c1)NC(=O)Cc1cccc(O)c1. The summed E-state index contributed by atoms with van der Waals surface area (Å²) >= 11 is 0. The van der Waals surface area contributed by atoms with Crippen molar-refractivity contribution in [2.45, 2.75) is 32.2 Å². The van der Waals surface area contributed by atoms with E-state index in [9.17, 15) is 14.3 Å². The third kappa shape index (κ3) is 5.20. The molecule has 0 spiro atoms. The Morgan fingerprint density at radius 2 is 1.91 bits per heavy atom. The van der Waals surface area contributed by atoms with E-state index in [1.165, 1.54) is 12.1 Å². The van der Waals surface area contributed by atoms with Crippen LogP contribution in [0.1, 0.15) is 24.5 Å². The molecular formula is C18H20FNO2. The Bertz CT molecular complexity index is 642. The van der Waals surface area contributed by atoms with E-state index in [0.717, 1.165) is 17.5 Å². The van der Waals surface area contributed by atoms with Crippen molar-refractivity contribution in [2.24, 2.45) is 0 Å². The Morgan fingerprint density at radius 1 is 1.18 bits per heavy atom. The van der Waals surface area contributed by atoms with Crippen LogP contribution in [0.15, 0.2) is 48.5 Å². The lowest BCUT2D eigenvalue weighted by atomic mass is 10.1. The van der Waals surface area contributed by atoms with E-state index in [1.54, 1.807) is 30.3 Å². The van der Waals surface area contributed by atoms with Crippen LogP contribution in [0.2, 0.25) is 0 Å². The van der Waals surface area contributed by atoms with E-state index in [4.69, 9.17) is 0 Å². The molecule has 0 aliphatic rings. The summed E-state index contributed by atoms with van der Waals surface area (Å²) in [5, 5.41) is 12.3. The third-order valence-corrected chi connectivity index (χ3v) is 3.44. The van der Waals surface area contributed by atoms with Crippen LogP contribution in [0.3, 0.4) is 0 Å². The molecule has 0 radical (unpaired) electrons. The van der Waals surface area contributed by atoms with Gasteiger partial charge < -0.3 is 10.4 Å². The van der Waals surface area contributed by atoms with Crippen molar-refractivity contribution >= 4 is 5.91 Å². The monoisotopic (exact) mass is 301 g/mol. The van der Waals surface area contributed by atoms with Gasteiger partial charge in [0.05, 0.1) is 6.42 Å². The Balaban J connectivity index is 1.79. The molecule has 116 valence electrons. The molecule has 0 aliphatic carbocycles. The maximum atomic E-state index is 13.1. The summed E-state index contributed by atoms with van der Waals surface area (Å²) in [5.41, 5.74) is 1.70. The smallest absolute Gasteiger partial charge is 0.224 e. The first-order valence-corrected chi connectivity index (χ1v) is 7.34. The Labute approximate surface area is 129 Å². The van der Waals surface area contributed by atoms with Gasteiger partial charge in [0.2, 0.25) is 5.91 Å². The molecule has 4 heteroatoms. The number of halogens is 1. The summed E-state index contributed by atoms with van der Waals surface area (Å²) in [6.07, 6.45) is 1.69. The van der Waals surface area contributed by atoms with Crippen LogP contribution in [0.5, 0.6) is 5.75 Å². The summed E-state index contributed by atoms with van der Waals surface area (Å²) in [4.78, 5) is 11.9. The number of phenols is 1. The second-order valence-electron chi connectivity index (χ2n) is 5.48. The lowest BCUT2D eigenvalue weighted by Gasteiger charge is -2.14. The van der Waals surface area contributed by atoms with E-state index >= 15 is 0 Å². The molecule has 0 heterocycles. The highest BCUT2D eigenvalue weighted by Crippen LogP contribution is 2.12. The van der Waals surface area contributed by atoms with Crippen LogP contribution in [0.25, 0.3) is 0 Å². The maximum absolute atomic E-state index is 13.1. The Hall–Kier alpha value is -2.36. The number of benzene rings is 2. The molecule has 1 atom stereocenters. The summed E-state index contributed by atoms with van der Waals surface area (Å²) in [5.74, 6) is -0.167. The van der Waals surface area contributed by atoms with Crippen molar-refractivity contribution in [1.29, 1.82) is 0 Å². The van der Waals surface area contributed by atoms with E-state index in [2.05, 4.69) is 5.32 Å². The molecule has 0 aromatic heterocycles. The highest BCUT2D eigenvalue weighted by Gasteiger charge is 2.09. The molecule has 3 nitrogen and oxygen atoms in total. The second-order valence-corrected chi connectivity index (χ2v) is 5.48. The number of phenolic OH excluding ortho intramolecular Hbond substituents is 1. The highest BCUT2D eigenvalue weighted by molar-refractivity contribution is 5.78. The first-order valence-electron chi connectivity index (χ1n) is 7.34. The molecule has 0 saturated carbocycles. The minimum absolute atomic E-state index is 0.00748. The number of hydrogen-bond acceptors (Lipinski definition) is 2. The van der Waals surface area contributed by atoms with E-state index in [-0.39, 0.29) is 29.9 Å². The number of carbonyl (C=O) groups is 1. The fraction of sp³-hybridized carbons (Fsp3) is 0.278. The molecule has 1 amide bonds. The zero-order chi connectivity index (χ0) is 15.9. The van der Waals surface area contributed by atoms with Crippen molar-refractivity contribution in [1.82, 2.24) is 5.32 Å². The van der Waals surface area contributed by atoms with Crippen molar-refractivity contribution < 1.29 is 14.3 Å². The molecular weight excluding hydrogens is 281 g/mol. The lowest BCUT2D eigenvalue weighted by Crippen LogP contribution is -2.34. The fourth-order valence-electron chi connectivity index (χ4n) is 2.33. The largest absolute Gasteiger partial charge is 0.508 e. The maximum Gasteiger partial charge on any atom is 0.224 e. The van der Waals surface area contributed by atoms with Crippen LogP contribution >= 0.6 is 0 Å². The number of carbonyl (C=O) groups excluding carboxylic acids is 1. The zero-order valence-electron chi connectivity index (χ0n) is 12.6. The van der Waals surface area contributed by atoms with Gasteiger partial charge in [0.15, 0.2) is 0 Å². The average Bonchev–Trinajstić information content (AvgIpc) is 2.45. The molecule has 2 aromatic carbocycles. The summed E-state index contributed by atoms with van der Waals surface area (Å²) < 4.78 is 13.1. The standard InChI is InChI=1S/C18H20FNO2/c1-13(8-9-14-4-2-6-16(19)10-14)20-18(22)12-15-5-3-7-17(21)11-15/h2-7,10-11,13,21H,8-9,12H2,1H3,(H,20,22)/t13-/m0/s1. The van der Waals surface area contributed by atoms with Gasteiger partial charge in [0.1, 0.15) is 11.6 Å². The number of hydrogen-bond donors (Lipinski definition) is 2. The molecule has 2 N–H and O–H groups in total. The van der Waals surface area contributed by atoms with Gasteiger partial charge in [-0.1, -0.05) is 24.3 Å². The number of aromatic hydroxyl groups is 1. The molecule has 2 aromatic rings. The highest BCUT2D eigenvalue weighted by atomic mass is 19.1. The predicted molar refractivity (Wildman–Crippen MR) is 84.1 cm³/mol. The van der Waals surface area contributed by atoms with Crippen LogP contribution in [0, 0.1) is 5.82 Å². The Morgan fingerprint density at radius 3 is 2.64 bits per heavy atom. The molecule has 22 heavy (non-hydrogen) atoms. The fourth-order valence-corrected chi connectivity index (χ4v) is 2.33. The van der Waals surface area contributed by atoms with Gasteiger partial charge in [-0.3, -0.25) is 4.79 Å². The number of nitrogens with one attached hydrogen (secondary N) is 1. The van der Waals surface area contributed by atoms with Crippen molar-refractivity contribution in [2.75, 3.05) is 0 Å². The molecule has 0 fully saturated rings. The van der Waals surface area contributed by atoms with Gasteiger partial charge in [-0.2, -0.15) is 0 Å². The quantitative estimate of drug-likeness (QED) is 0.860. The van der Waals surface area contributed by atoms with Gasteiger partial charge in [-0.15, -0.1) is 0 Å². The van der Waals surface area contributed by atoms with E-state index in [0.29, 0.717) is 6.42 Å². The minimum atomic E-state index is -0.238. The second kappa shape index (κ2) is 7.59. The minimum Gasteiger partial charge on any atom is -0.508 e. The van der Waals surface area contributed by atoms with E-state index in [1.807, 2.05) is 13.0 Å². The lowest BCUT2D eigenvalue weighted by molar-refractivity contribution is -0.121. The molecule has 0 aliphatic heterocycles. The third-order valence-electron chi connectivity index (χ3n) is 3.44. The number of amides is 1. The average molecular weight is 301 g/mol. The molecule has 0 unspecified atom stereocenters. The van der Waals surface area contributed by atoms with E-state index < -0.39 is 0 Å². The van der Waals surface area contributed by atoms with Crippen LogP contribution in [-0.2, 0) is 17.6 Å². The zero-order valence-corrected chi connectivity index (χ0v) is 12.6. The van der Waals surface area contributed by atoms with Gasteiger partial charge in [-0.25, -0.2) is 4.39 Å². The van der Waals surface area contributed by atoms with Gasteiger partial charge >= 0.3 is 0 Å². The number of rotatable bonds is 6. The van der Waals surface area contributed by atoms with Gasteiger partial charge in [0, 0.05) is 6.04 Å². The van der Waals surface area contributed by atoms with Crippen molar-refractivity contribution in [3.05, 3.63) is 65.5 Å². The van der Waals surface area contributed by atoms with Crippen molar-refractivity contribution in [3.8, 4) is 5.75 Å². The van der Waals surface area contributed by atoms with Crippen LogP contribution < -0.4 is 5.32 Å². The molecule has 2 rings (SSSR count). The van der Waals surface area contributed by atoms with Crippen molar-refractivity contribution in [3.63, 3.8) is 0 Å². The van der Waals surface area contributed by atoms with Crippen LogP contribution in [-0.4, -0.2) is 17.1 Å². The molecule has 0 saturated heterocycles. The van der Waals surface area contributed by atoms with Gasteiger partial charge in [0.25, 0.3) is 0 Å². The Kier molecular flexibility index (Phi) is 5.53. The summed E-state index contributed by atoms with van der Waals surface area (Å²) in [6, 6.07) is 13.2. The predicted octanol–water partition coefficient (Wildman–Crippen LogP) is 3.21. The number of aryl methyl sites for hydroxylation is 1. The molecule has 0 bridgehead atoms. The first-order chi connectivity index (χ1) is 10.5. The summed E-state index contributed by atoms with van der Waals surface area (Å²) in [7, 11) is 0. The van der Waals surface area contributed by atoms with Gasteiger partial charge in [-0.05, 0) is 55.2 Å². The first kappa shape index (κ1) is 16.0. The summed E-state index contributed by atoms with van der Waals surface area (Å²) in [6.45, 7) is 1.93. The topological polar surface area (TPSA) is 49.3 Å².